The van der Waals surface area contributed by atoms with Gasteiger partial charge in [0.15, 0.2) is 0 Å². The number of carbonyl (C=O) groups is 1. The summed E-state index contributed by atoms with van der Waals surface area (Å²) in [4.78, 5) is 13.4. The van der Waals surface area contributed by atoms with Crippen LogP contribution in [0.3, 0.4) is 0 Å². The Morgan fingerprint density at radius 3 is 2.40 bits per heavy atom. The van der Waals surface area contributed by atoms with Gasteiger partial charge >= 0.3 is 5.97 Å². The van der Waals surface area contributed by atoms with Gasteiger partial charge in [-0.25, -0.2) is 0 Å². The summed E-state index contributed by atoms with van der Waals surface area (Å²) in [5.74, 6) is 0.128. The van der Waals surface area contributed by atoms with Crippen LogP contribution in [0.5, 0.6) is 0 Å². The van der Waals surface area contributed by atoms with E-state index in [0.29, 0.717) is 12.0 Å². The molecule has 1 rings (SSSR count). The van der Waals surface area contributed by atoms with Crippen molar-refractivity contribution in [2.24, 2.45) is 11.8 Å². The third kappa shape index (κ3) is 2.94. The maximum atomic E-state index is 11.3. The van der Waals surface area contributed by atoms with Crippen LogP contribution in [0.25, 0.3) is 0 Å². The summed E-state index contributed by atoms with van der Waals surface area (Å²) in [7, 11) is 0. The van der Waals surface area contributed by atoms with Crippen LogP contribution >= 0.6 is 0 Å². The fourth-order valence-corrected chi connectivity index (χ4v) is 2.52. The molecule has 3 heteroatoms. The van der Waals surface area contributed by atoms with Gasteiger partial charge in [0.25, 0.3) is 0 Å². The monoisotopic (exact) mass is 213 g/mol. The molecule has 15 heavy (non-hydrogen) atoms. The van der Waals surface area contributed by atoms with Crippen LogP contribution in [0.2, 0.25) is 0 Å². The second-order valence-corrected chi connectivity index (χ2v) is 5.26. The van der Waals surface area contributed by atoms with Gasteiger partial charge in [0.1, 0.15) is 6.04 Å². The van der Waals surface area contributed by atoms with E-state index in [4.69, 9.17) is 0 Å². The molecule has 0 radical (unpaired) electrons. The smallest absolute Gasteiger partial charge is 0.321 e. The maximum Gasteiger partial charge on any atom is 0.321 e. The minimum atomic E-state index is -0.675. The van der Waals surface area contributed by atoms with Crippen molar-refractivity contribution in [2.45, 2.75) is 52.6 Å². The molecule has 0 spiro atoms. The molecule has 1 N–H and O–H groups in total. The van der Waals surface area contributed by atoms with Gasteiger partial charge in [-0.15, -0.1) is 0 Å². The van der Waals surface area contributed by atoms with Gasteiger partial charge in [-0.05, 0) is 31.6 Å². The van der Waals surface area contributed by atoms with Crippen LogP contribution < -0.4 is 0 Å². The minimum absolute atomic E-state index is 0.176. The molecule has 3 nitrogen and oxygen atoms in total. The number of rotatable bonds is 3. The Balaban J connectivity index is 2.76. The van der Waals surface area contributed by atoms with Gasteiger partial charge < -0.3 is 5.11 Å². The molecule has 0 saturated carbocycles. The number of carboxylic acids is 1. The number of hydrogen-bond acceptors (Lipinski definition) is 2. The van der Waals surface area contributed by atoms with Crippen molar-refractivity contribution < 1.29 is 9.90 Å². The van der Waals surface area contributed by atoms with Crippen molar-refractivity contribution in [1.29, 1.82) is 0 Å². The summed E-state index contributed by atoms with van der Waals surface area (Å²) in [6, 6.07) is 0.0902. The van der Waals surface area contributed by atoms with E-state index in [1.165, 1.54) is 6.42 Å². The predicted octanol–water partition coefficient (Wildman–Crippen LogP) is 2.22. The molecule has 1 fully saturated rings. The van der Waals surface area contributed by atoms with E-state index in [0.717, 1.165) is 13.0 Å². The topological polar surface area (TPSA) is 40.5 Å². The van der Waals surface area contributed by atoms with Crippen LogP contribution in [0.4, 0.5) is 0 Å². The molecule has 1 aliphatic heterocycles. The molecule has 1 aliphatic rings. The first-order valence-corrected chi connectivity index (χ1v) is 5.92. The standard InChI is InChI=1S/C12H23NO2/c1-8(2)11(12(14)15)13-7-9(3)5-6-10(13)4/h8-11H,5-7H2,1-4H3,(H,14,15). The molecule has 0 amide bonds. The van der Waals surface area contributed by atoms with Crippen LogP contribution in [0.1, 0.15) is 40.5 Å². The summed E-state index contributed by atoms with van der Waals surface area (Å²) < 4.78 is 0. The van der Waals surface area contributed by atoms with Crippen LogP contribution in [0.15, 0.2) is 0 Å². The van der Waals surface area contributed by atoms with Gasteiger partial charge in [-0.1, -0.05) is 20.8 Å². The zero-order valence-electron chi connectivity index (χ0n) is 10.2. The van der Waals surface area contributed by atoms with Gasteiger partial charge in [-0.2, -0.15) is 0 Å². The first-order valence-electron chi connectivity index (χ1n) is 5.92. The van der Waals surface area contributed by atoms with Gasteiger partial charge in [0, 0.05) is 12.6 Å². The van der Waals surface area contributed by atoms with E-state index in [-0.39, 0.29) is 12.0 Å². The molecule has 1 saturated heterocycles. The summed E-state index contributed by atoms with van der Waals surface area (Å²) in [6.45, 7) is 9.26. The third-order valence-corrected chi connectivity index (χ3v) is 3.41. The highest BCUT2D eigenvalue weighted by molar-refractivity contribution is 5.73. The number of carboxylic acid groups (broad SMARTS) is 1. The number of hydrogen-bond donors (Lipinski definition) is 1. The van der Waals surface area contributed by atoms with E-state index in [2.05, 4.69) is 18.7 Å². The molecule has 0 aromatic rings. The lowest BCUT2D eigenvalue weighted by molar-refractivity contribution is -0.147. The molecule has 0 aliphatic carbocycles. The molecular formula is C12H23NO2. The number of likely N-dealkylation sites (tertiary alicyclic amines) is 1. The fraction of sp³-hybridized carbons (Fsp3) is 0.917. The highest BCUT2D eigenvalue weighted by Gasteiger charge is 2.34. The zero-order valence-corrected chi connectivity index (χ0v) is 10.2. The van der Waals surface area contributed by atoms with Crippen molar-refractivity contribution >= 4 is 5.97 Å². The molecule has 0 aromatic heterocycles. The normalized spacial score (nSPS) is 30.5. The third-order valence-electron chi connectivity index (χ3n) is 3.41. The first kappa shape index (κ1) is 12.5. The van der Waals surface area contributed by atoms with E-state index in [1.54, 1.807) is 0 Å². The molecule has 1 heterocycles. The van der Waals surface area contributed by atoms with Crippen molar-refractivity contribution in [3.8, 4) is 0 Å². The summed E-state index contributed by atoms with van der Waals surface area (Å²) in [6.07, 6.45) is 2.35. The number of aliphatic carboxylic acids is 1. The van der Waals surface area contributed by atoms with Crippen molar-refractivity contribution in [3.05, 3.63) is 0 Å². The Bertz CT molecular complexity index is 228. The Kier molecular flexibility index (Phi) is 4.14. The summed E-state index contributed by atoms with van der Waals surface area (Å²) in [5.41, 5.74) is 0. The zero-order chi connectivity index (χ0) is 11.6. The Hall–Kier alpha value is -0.570. The first-order chi connectivity index (χ1) is 6.93. The van der Waals surface area contributed by atoms with Crippen LogP contribution in [-0.2, 0) is 4.79 Å². The average Bonchev–Trinajstić information content (AvgIpc) is 2.10. The SMILES string of the molecule is CC1CCC(C)N(C(C(=O)O)C(C)C)C1. The van der Waals surface area contributed by atoms with Gasteiger partial charge in [0.05, 0.1) is 0 Å². The molecule has 0 aromatic carbocycles. The Morgan fingerprint density at radius 1 is 1.33 bits per heavy atom. The predicted molar refractivity (Wildman–Crippen MR) is 60.8 cm³/mol. The van der Waals surface area contributed by atoms with Gasteiger partial charge in [-0.3, -0.25) is 9.69 Å². The molecule has 88 valence electrons. The molecule has 0 bridgehead atoms. The Morgan fingerprint density at radius 2 is 1.93 bits per heavy atom. The Labute approximate surface area is 92.5 Å². The highest BCUT2D eigenvalue weighted by Crippen LogP contribution is 2.26. The molecular weight excluding hydrogens is 190 g/mol. The fourth-order valence-electron chi connectivity index (χ4n) is 2.52. The lowest BCUT2D eigenvalue weighted by atomic mass is 9.90. The van der Waals surface area contributed by atoms with E-state index in [9.17, 15) is 9.90 Å². The quantitative estimate of drug-likeness (QED) is 0.781. The lowest BCUT2D eigenvalue weighted by Gasteiger charge is -2.41. The summed E-state index contributed by atoms with van der Waals surface area (Å²) in [5, 5.41) is 9.26. The number of nitrogens with zero attached hydrogens (tertiary/aromatic N) is 1. The average molecular weight is 213 g/mol. The van der Waals surface area contributed by atoms with Crippen molar-refractivity contribution in [1.82, 2.24) is 4.90 Å². The second kappa shape index (κ2) is 4.97. The summed E-state index contributed by atoms with van der Waals surface area (Å²) >= 11 is 0. The second-order valence-electron chi connectivity index (χ2n) is 5.26. The van der Waals surface area contributed by atoms with Crippen molar-refractivity contribution in [2.75, 3.05) is 6.54 Å². The maximum absolute atomic E-state index is 11.3. The van der Waals surface area contributed by atoms with Gasteiger partial charge in [0.2, 0.25) is 0 Å². The minimum Gasteiger partial charge on any atom is -0.480 e. The van der Waals surface area contributed by atoms with Crippen LogP contribution in [-0.4, -0.2) is 34.6 Å². The molecule has 3 atom stereocenters. The van der Waals surface area contributed by atoms with E-state index >= 15 is 0 Å². The lowest BCUT2D eigenvalue weighted by Crippen LogP contribution is -2.52. The van der Waals surface area contributed by atoms with E-state index < -0.39 is 5.97 Å². The largest absolute Gasteiger partial charge is 0.480 e. The van der Waals surface area contributed by atoms with E-state index in [1.807, 2.05) is 13.8 Å². The van der Waals surface area contributed by atoms with Crippen molar-refractivity contribution in [3.63, 3.8) is 0 Å². The van der Waals surface area contributed by atoms with Crippen LogP contribution in [0, 0.1) is 11.8 Å². The number of piperidine rings is 1. The molecule has 3 unspecified atom stereocenters. The highest BCUT2D eigenvalue weighted by atomic mass is 16.4.